The van der Waals surface area contributed by atoms with Crippen LogP contribution in [0.1, 0.15) is 31.7 Å². The Hall–Kier alpha value is -1.43. The van der Waals surface area contributed by atoms with Crippen molar-refractivity contribution in [2.45, 2.75) is 38.8 Å². The van der Waals surface area contributed by atoms with Crippen LogP contribution in [0.15, 0.2) is 24.3 Å². The van der Waals surface area contributed by atoms with Gasteiger partial charge in [0.05, 0.1) is 0 Å². The zero-order chi connectivity index (χ0) is 16.8. The molecule has 2 aliphatic heterocycles. The normalized spacial score (nSPS) is 22.6. The zero-order valence-corrected chi connectivity index (χ0v) is 14.8. The Kier molecular flexibility index (Phi) is 6.24. The highest BCUT2D eigenvalue weighted by Gasteiger charge is 2.18. The summed E-state index contributed by atoms with van der Waals surface area (Å²) in [6, 6.07) is 8.67. The molecule has 2 saturated heterocycles. The van der Waals surface area contributed by atoms with Crippen molar-refractivity contribution in [1.29, 1.82) is 0 Å². The van der Waals surface area contributed by atoms with Crippen LogP contribution in [0.3, 0.4) is 0 Å². The predicted molar refractivity (Wildman–Crippen MR) is 98.1 cm³/mol. The monoisotopic (exact) mass is 330 g/mol. The summed E-state index contributed by atoms with van der Waals surface area (Å²) >= 11 is 0. The molecule has 2 fully saturated rings. The molecule has 1 amide bonds. The number of amides is 1. The average molecular weight is 330 g/mol. The van der Waals surface area contributed by atoms with Crippen molar-refractivity contribution in [3.8, 4) is 0 Å². The highest BCUT2D eigenvalue weighted by Crippen LogP contribution is 2.15. The number of carbonyl (C=O) groups excluding carboxylic acids is 1. The lowest BCUT2D eigenvalue weighted by Crippen LogP contribution is -2.45. The molecule has 2 heterocycles. The number of anilines is 1. The predicted octanol–water partition coefficient (Wildman–Crippen LogP) is 1.90. The number of hydrogen-bond acceptors (Lipinski definition) is 4. The second-order valence-electron chi connectivity index (χ2n) is 6.95. The van der Waals surface area contributed by atoms with E-state index in [1.54, 1.807) is 0 Å². The van der Waals surface area contributed by atoms with Crippen LogP contribution < -0.4 is 10.6 Å². The second kappa shape index (κ2) is 8.60. The first kappa shape index (κ1) is 17.4. The third-order valence-electron chi connectivity index (χ3n) is 5.15. The molecule has 0 aromatic heterocycles. The lowest BCUT2D eigenvalue weighted by molar-refractivity contribution is -0.116. The van der Waals surface area contributed by atoms with E-state index in [-0.39, 0.29) is 5.91 Å². The Balaban J connectivity index is 1.44. The van der Waals surface area contributed by atoms with E-state index in [0.717, 1.165) is 44.8 Å². The van der Waals surface area contributed by atoms with Crippen molar-refractivity contribution in [3.05, 3.63) is 29.8 Å². The molecule has 5 heteroatoms. The van der Waals surface area contributed by atoms with E-state index in [4.69, 9.17) is 0 Å². The molecular formula is C19H30N4O. The third kappa shape index (κ3) is 5.03. The molecule has 0 saturated carbocycles. The minimum Gasteiger partial charge on any atom is -0.326 e. The number of rotatable bonds is 6. The van der Waals surface area contributed by atoms with E-state index in [9.17, 15) is 4.79 Å². The number of piperazine rings is 1. The van der Waals surface area contributed by atoms with Gasteiger partial charge in [-0.05, 0) is 43.6 Å². The van der Waals surface area contributed by atoms with Crippen molar-refractivity contribution < 1.29 is 4.79 Å². The fourth-order valence-corrected chi connectivity index (χ4v) is 3.58. The smallest absolute Gasteiger partial charge is 0.225 e. The van der Waals surface area contributed by atoms with Crippen molar-refractivity contribution in [2.24, 2.45) is 0 Å². The molecule has 0 bridgehead atoms. The molecular weight excluding hydrogens is 300 g/mol. The van der Waals surface area contributed by atoms with Gasteiger partial charge in [-0.25, -0.2) is 0 Å². The first-order valence-corrected chi connectivity index (χ1v) is 9.30. The van der Waals surface area contributed by atoms with Crippen molar-refractivity contribution in [2.75, 3.05) is 44.6 Å². The first-order valence-electron chi connectivity index (χ1n) is 9.30. The molecule has 1 unspecified atom stereocenters. The van der Waals surface area contributed by atoms with Gasteiger partial charge in [0.2, 0.25) is 5.91 Å². The SMILES string of the molecule is CCN1CCN(Cc2ccc(NC(=O)CC3CCCN3)cc2)CC1. The summed E-state index contributed by atoms with van der Waals surface area (Å²) in [5.41, 5.74) is 2.22. The molecule has 0 spiro atoms. The minimum absolute atomic E-state index is 0.109. The highest BCUT2D eigenvalue weighted by atomic mass is 16.1. The molecule has 0 aliphatic carbocycles. The number of nitrogens with one attached hydrogen (secondary N) is 2. The summed E-state index contributed by atoms with van der Waals surface area (Å²) in [5.74, 6) is 0.109. The summed E-state index contributed by atoms with van der Waals surface area (Å²) in [6.07, 6.45) is 2.86. The highest BCUT2D eigenvalue weighted by molar-refractivity contribution is 5.91. The summed E-state index contributed by atoms with van der Waals surface area (Å²) < 4.78 is 0. The van der Waals surface area contributed by atoms with Gasteiger partial charge in [-0.2, -0.15) is 0 Å². The number of carbonyl (C=O) groups is 1. The van der Waals surface area contributed by atoms with E-state index >= 15 is 0 Å². The van der Waals surface area contributed by atoms with Crippen LogP contribution in [0.25, 0.3) is 0 Å². The fourth-order valence-electron chi connectivity index (χ4n) is 3.58. The Morgan fingerprint density at radius 2 is 1.88 bits per heavy atom. The van der Waals surface area contributed by atoms with Crippen molar-refractivity contribution >= 4 is 11.6 Å². The number of hydrogen-bond donors (Lipinski definition) is 2. The van der Waals surface area contributed by atoms with Gasteiger partial charge in [0.25, 0.3) is 0 Å². The quantitative estimate of drug-likeness (QED) is 0.836. The lowest BCUT2D eigenvalue weighted by atomic mass is 10.1. The fraction of sp³-hybridized carbons (Fsp3) is 0.632. The Morgan fingerprint density at radius 1 is 1.17 bits per heavy atom. The standard InChI is InChI=1S/C19H30N4O/c1-2-22-10-12-23(13-11-22)15-16-5-7-17(8-6-16)21-19(24)14-18-4-3-9-20-18/h5-8,18,20H,2-4,9-15H2,1H3,(H,21,24). The van der Waals surface area contributed by atoms with Crippen LogP contribution in [0.2, 0.25) is 0 Å². The van der Waals surface area contributed by atoms with Crippen LogP contribution in [0, 0.1) is 0 Å². The molecule has 2 N–H and O–H groups in total. The average Bonchev–Trinajstić information content (AvgIpc) is 3.10. The van der Waals surface area contributed by atoms with Gasteiger partial charge in [0, 0.05) is 50.9 Å². The maximum Gasteiger partial charge on any atom is 0.225 e. The summed E-state index contributed by atoms with van der Waals surface area (Å²) in [4.78, 5) is 17.1. The van der Waals surface area contributed by atoms with Crippen LogP contribution in [0.5, 0.6) is 0 Å². The first-order chi connectivity index (χ1) is 11.7. The number of nitrogens with zero attached hydrogens (tertiary/aromatic N) is 2. The molecule has 5 nitrogen and oxygen atoms in total. The van der Waals surface area contributed by atoms with E-state index in [1.165, 1.54) is 25.1 Å². The molecule has 1 aromatic rings. The largest absolute Gasteiger partial charge is 0.326 e. The Bertz CT molecular complexity index is 517. The summed E-state index contributed by atoms with van der Waals surface area (Å²) in [6.45, 7) is 10.0. The van der Waals surface area contributed by atoms with E-state index in [1.807, 2.05) is 12.1 Å². The van der Waals surface area contributed by atoms with Gasteiger partial charge < -0.3 is 15.5 Å². The van der Waals surface area contributed by atoms with Gasteiger partial charge in [-0.1, -0.05) is 19.1 Å². The molecule has 0 radical (unpaired) electrons. The molecule has 1 aromatic carbocycles. The second-order valence-corrected chi connectivity index (χ2v) is 6.95. The maximum atomic E-state index is 12.1. The Labute approximate surface area is 145 Å². The van der Waals surface area contributed by atoms with Gasteiger partial charge in [-0.15, -0.1) is 0 Å². The lowest BCUT2D eigenvalue weighted by Gasteiger charge is -2.34. The molecule has 2 aliphatic rings. The summed E-state index contributed by atoms with van der Waals surface area (Å²) in [5, 5.41) is 6.38. The maximum absolute atomic E-state index is 12.1. The van der Waals surface area contributed by atoms with Gasteiger partial charge in [0.1, 0.15) is 0 Å². The van der Waals surface area contributed by atoms with E-state index < -0.39 is 0 Å². The third-order valence-corrected chi connectivity index (χ3v) is 5.15. The summed E-state index contributed by atoms with van der Waals surface area (Å²) in [7, 11) is 0. The van der Waals surface area contributed by atoms with Gasteiger partial charge in [-0.3, -0.25) is 9.69 Å². The Morgan fingerprint density at radius 3 is 2.50 bits per heavy atom. The van der Waals surface area contributed by atoms with Crippen LogP contribution >= 0.6 is 0 Å². The van der Waals surface area contributed by atoms with Crippen molar-refractivity contribution in [1.82, 2.24) is 15.1 Å². The van der Waals surface area contributed by atoms with E-state index in [0.29, 0.717) is 12.5 Å². The van der Waals surface area contributed by atoms with Crippen LogP contribution in [-0.4, -0.2) is 61.0 Å². The van der Waals surface area contributed by atoms with Crippen LogP contribution in [-0.2, 0) is 11.3 Å². The minimum atomic E-state index is 0.109. The van der Waals surface area contributed by atoms with Crippen LogP contribution in [0.4, 0.5) is 5.69 Å². The van der Waals surface area contributed by atoms with E-state index in [2.05, 4.69) is 39.5 Å². The molecule has 3 rings (SSSR count). The number of benzene rings is 1. The number of likely N-dealkylation sites (N-methyl/N-ethyl adjacent to an activating group) is 1. The van der Waals surface area contributed by atoms with Crippen molar-refractivity contribution in [3.63, 3.8) is 0 Å². The zero-order valence-electron chi connectivity index (χ0n) is 14.8. The molecule has 132 valence electrons. The topological polar surface area (TPSA) is 47.6 Å². The van der Waals surface area contributed by atoms with Gasteiger partial charge >= 0.3 is 0 Å². The molecule has 24 heavy (non-hydrogen) atoms. The molecule has 1 atom stereocenters. The van der Waals surface area contributed by atoms with Gasteiger partial charge in [0.15, 0.2) is 0 Å².